The van der Waals surface area contributed by atoms with E-state index in [9.17, 15) is 0 Å². The van der Waals surface area contributed by atoms with Gasteiger partial charge in [-0.3, -0.25) is 4.98 Å². The molecule has 1 unspecified atom stereocenters. The van der Waals surface area contributed by atoms with E-state index in [1.807, 2.05) is 6.20 Å². The molecule has 0 radical (unpaired) electrons. The van der Waals surface area contributed by atoms with Gasteiger partial charge in [0, 0.05) is 17.9 Å². The summed E-state index contributed by atoms with van der Waals surface area (Å²) in [6.07, 6.45) is 6.79. The number of nitrogens with one attached hydrogen (secondary N) is 1. The summed E-state index contributed by atoms with van der Waals surface area (Å²) in [5.74, 6) is 0. The number of likely N-dealkylation sites (N-methyl/N-ethyl adjacent to an activating group) is 1. The molecule has 1 heterocycles. The molecule has 1 aliphatic carbocycles. The summed E-state index contributed by atoms with van der Waals surface area (Å²) in [5.41, 5.74) is 6.98. The van der Waals surface area contributed by atoms with Gasteiger partial charge in [-0.2, -0.15) is 0 Å². The van der Waals surface area contributed by atoms with Crippen LogP contribution in [0, 0.1) is 6.92 Å². The van der Waals surface area contributed by atoms with Crippen LogP contribution in [0.3, 0.4) is 0 Å². The third-order valence-electron chi connectivity index (χ3n) is 4.38. The van der Waals surface area contributed by atoms with Crippen molar-refractivity contribution in [1.29, 1.82) is 0 Å². The molecule has 2 aromatic rings. The first kappa shape index (κ1) is 14.3. The van der Waals surface area contributed by atoms with E-state index in [1.54, 1.807) is 11.1 Å². The number of nitrogens with zero attached hydrogens (tertiary/aromatic N) is 1. The van der Waals surface area contributed by atoms with Crippen LogP contribution in [0.5, 0.6) is 0 Å². The molecule has 1 aliphatic rings. The largest absolute Gasteiger partial charge is 0.310 e. The molecular formula is C19H24N2. The van der Waals surface area contributed by atoms with Gasteiger partial charge in [0.1, 0.15) is 0 Å². The van der Waals surface area contributed by atoms with Crippen LogP contribution in [0.2, 0.25) is 0 Å². The topological polar surface area (TPSA) is 24.9 Å². The Morgan fingerprint density at radius 1 is 1.14 bits per heavy atom. The Morgan fingerprint density at radius 3 is 2.81 bits per heavy atom. The maximum atomic E-state index is 4.31. The van der Waals surface area contributed by atoms with Gasteiger partial charge in [-0.05, 0) is 73.5 Å². The summed E-state index contributed by atoms with van der Waals surface area (Å²) in [5, 5.41) is 3.61. The van der Waals surface area contributed by atoms with E-state index >= 15 is 0 Å². The molecule has 2 nitrogen and oxygen atoms in total. The number of aromatic nitrogens is 1. The lowest BCUT2D eigenvalue weighted by Gasteiger charge is -2.19. The van der Waals surface area contributed by atoms with Gasteiger partial charge in [0.15, 0.2) is 0 Å². The highest BCUT2D eigenvalue weighted by Crippen LogP contribution is 2.25. The van der Waals surface area contributed by atoms with Gasteiger partial charge in [-0.25, -0.2) is 0 Å². The van der Waals surface area contributed by atoms with Gasteiger partial charge in [-0.1, -0.05) is 25.1 Å². The monoisotopic (exact) mass is 280 g/mol. The summed E-state index contributed by atoms with van der Waals surface area (Å²) < 4.78 is 0. The highest BCUT2D eigenvalue weighted by Gasteiger charge is 2.15. The Labute approximate surface area is 127 Å². The molecule has 0 aliphatic heterocycles. The van der Waals surface area contributed by atoms with Crippen molar-refractivity contribution in [3.8, 4) is 0 Å². The van der Waals surface area contributed by atoms with Crippen molar-refractivity contribution in [2.75, 3.05) is 6.54 Å². The van der Waals surface area contributed by atoms with E-state index in [0.717, 1.165) is 18.7 Å². The minimum absolute atomic E-state index is 0.371. The second kappa shape index (κ2) is 6.40. The van der Waals surface area contributed by atoms with E-state index in [1.165, 1.54) is 30.4 Å². The maximum Gasteiger partial charge on any atom is 0.0375 e. The molecule has 1 atom stereocenters. The normalized spacial score (nSPS) is 15.0. The number of hydrogen-bond acceptors (Lipinski definition) is 2. The average Bonchev–Trinajstić information content (AvgIpc) is 2.94. The number of hydrogen-bond donors (Lipinski definition) is 1. The Hall–Kier alpha value is -1.67. The molecule has 0 saturated heterocycles. The predicted molar refractivity (Wildman–Crippen MR) is 87.6 cm³/mol. The standard InChI is InChI=1S/C19H24N2/c1-3-20-19(18-9-10-21-14(2)11-18)13-15-7-8-16-5-4-6-17(16)12-15/h7-12,19-20H,3-6,13H2,1-2H3. The SMILES string of the molecule is CCNC(Cc1ccc2c(c1)CCC2)c1ccnc(C)c1. The van der Waals surface area contributed by atoms with Crippen molar-refractivity contribution in [3.63, 3.8) is 0 Å². The highest BCUT2D eigenvalue weighted by atomic mass is 14.9. The van der Waals surface area contributed by atoms with E-state index in [0.29, 0.717) is 6.04 Å². The Balaban J connectivity index is 1.82. The fraction of sp³-hybridized carbons (Fsp3) is 0.421. The van der Waals surface area contributed by atoms with Gasteiger partial charge in [-0.15, -0.1) is 0 Å². The Morgan fingerprint density at radius 2 is 2.00 bits per heavy atom. The average molecular weight is 280 g/mol. The van der Waals surface area contributed by atoms with Crippen molar-refractivity contribution in [2.24, 2.45) is 0 Å². The first-order chi connectivity index (χ1) is 10.3. The predicted octanol–water partition coefficient (Wildman–Crippen LogP) is 3.77. The number of benzene rings is 1. The van der Waals surface area contributed by atoms with Gasteiger partial charge >= 0.3 is 0 Å². The maximum absolute atomic E-state index is 4.31. The quantitative estimate of drug-likeness (QED) is 0.901. The van der Waals surface area contributed by atoms with Crippen LogP contribution >= 0.6 is 0 Å². The fourth-order valence-corrected chi connectivity index (χ4v) is 3.33. The van der Waals surface area contributed by atoms with Crippen LogP contribution in [0.1, 0.15) is 47.3 Å². The van der Waals surface area contributed by atoms with Gasteiger partial charge < -0.3 is 5.32 Å². The first-order valence-corrected chi connectivity index (χ1v) is 8.03. The summed E-state index contributed by atoms with van der Waals surface area (Å²) in [6.45, 7) is 5.21. The first-order valence-electron chi connectivity index (χ1n) is 8.03. The summed E-state index contributed by atoms with van der Waals surface area (Å²) in [7, 11) is 0. The molecule has 0 fully saturated rings. The molecule has 0 amide bonds. The van der Waals surface area contributed by atoms with Crippen LogP contribution in [-0.2, 0) is 19.3 Å². The smallest absolute Gasteiger partial charge is 0.0375 e. The Bertz CT molecular complexity index is 619. The van der Waals surface area contributed by atoms with Gasteiger partial charge in [0.2, 0.25) is 0 Å². The number of rotatable bonds is 5. The van der Waals surface area contributed by atoms with Crippen LogP contribution in [0.4, 0.5) is 0 Å². The van der Waals surface area contributed by atoms with Crippen molar-refractivity contribution in [1.82, 2.24) is 10.3 Å². The van der Waals surface area contributed by atoms with Crippen LogP contribution < -0.4 is 5.32 Å². The minimum atomic E-state index is 0.371. The molecule has 2 heteroatoms. The molecule has 0 saturated carbocycles. The zero-order valence-electron chi connectivity index (χ0n) is 13.0. The molecular weight excluding hydrogens is 256 g/mol. The highest BCUT2D eigenvalue weighted by molar-refractivity contribution is 5.36. The number of aryl methyl sites for hydroxylation is 3. The van der Waals surface area contributed by atoms with E-state index in [2.05, 4.69) is 54.5 Å². The molecule has 1 N–H and O–H groups in total. The van der Waals surface area contributed by atoms with Crippen molar-refractivity contribution in [3.05, 3.63) is 64.5 Å². The third kappa shape index (κ3) is 3.33. The van der Waals surface area contributed by atoms with Crippen molar-refractivity contribution < 1.29 is 0 Å². The van der Waals surface area contributed by atoms with Crippen LogP contribution in [0.25, 0.3) is 0 Å². The lowest BCUT2D eigenvalue weighted by atomic mass is 9.96. The number of pyridine rings is 1. The van der Waals surface area contributed by atoms with Gasteiger partial charge in [0.05, 0.1) is 0 Å². The second-order valence-electron chi connectivity index (χ2n) is 6.00. The second-order valence-corrected chi connectivity index (χ2v) is 6.00. The summed E-state index contributed by atoms with van der Waals surface area (Å²) in [4.78, 5) is 4.31. The molecule has 1 aromatic carbocycles. The van der Waals surface area contributed by atoms with Crippen LogP contribution in [-0.4, -0.2) is 11.5 Å². The molecule has 110 valence electrons. The molecule has 3 rings (SSSR count). The summed E-state index contributed by atoms with van der Waals surface area (Å²) in [6, 6.07) is 11.8. The van der Waals surface area contributed by atoms with Crippen molar-refractivity contribution in [2.45, 2.75) is 45.6 Å². The van der Waals surface area contributed by atoms with E-state index in [4.69, 9.17) is 0 Å². The van der Waals surface area contributed by atoms with E-state index in [-0.39, 0.29) is 0 Å². The lowest BCUT2D eigenvalue weighted by molar-refractivity contribution is 0.548. The Kier molecular flexibility index (Phi) is 4.35. The van der Waals surface area contributed by atoms with E-state index < -0.39 is 0 Å². The zero-order valence-corrected chi connectivity index (χ0v) is 13.0. The number of fused-ring (bicyclic) bond motifs is 1. The van der Waals surface area contributed by atoms with Gasteiger partial charge in [0.25, 0.3) is 0 Å². The zero-order chi connectivity index (χ0) is 14.7. The summed E-state index contributed by atoms with van der Waals surface area (Å²) >= 11 is 0. The molecule has 0 spiro atoms. The van der Waals surface area contributed by atoms with Crippen molar-refractivity contribution >= 4 is 0 Å². The lowest BCUT2D eigenvalue weighted by Crippen LogP contribution is -2.23. The minimum Gasteiger partial charge on any atom is -0.310 e. The van der Waals surface area contributed by atoms with Crippen LogP contribution in [0.15, 0.2) is 36.5 Å². The molecule has 0 bridgehead atoms. The molecule has 1 aromatic heterocycles. The fourth-order valence-electron chi connectivity index (χ4n) is 3.33. The molecule has 21 heavy (non-hydrogen) atoms. The third-order valence-corrected chi connectivity index (χ3v) is 4.38.